The minimum Gasteiger partial charge on any atom is -0.444 e. The molecule has 1 aromatic carbocycles. The molecule has 144 valence electrons. The second-order valence-electron chi connectivity index (χ2n) is 8.55. The third-order valence-corrected chi connectivity index (χ3v) is 5.31. The van der Waals surface area contributed by atoms with Crippen LogP contribution in [0.1, 0.15) is 39.2 Å². The number of piperidine rings is 1. The summed E-state index contributed by atoms with van der Waals surface area (Å²) in [4.78, 5) is 18.9. The van der Waals surface area contributed by atoms with Gasteiger partial charge in [-0.2, -0.15) is 0 Å². The average Bonchev–Trinajstić information content (AvgIpc) is 2.59. The van der Waals surface area contributed by atoms with Gasteiger partial charge in [0.05, 0.1) is 36.4 Å². The number of hydrogen-bond acceptors (Lipinski definition) is 5. The van der Waals surface area contributed by atoms with Crippen LogP contribution in [0.3, 0.4) is 0 Å². The Morgan fingerprint density at radius 3 is 2.59 bits per heavy atom. The van der Waals surface area contributed by atoms with Crippen molar-refractivity contribution in [1.29, 1.82) is 0 Å². The van der Waals surface area contributed by atoms with Gasteiger partial charge < -0.3 is 14.6 Å². The zero-order chi connectivity index (χ0) is 19.2. The Bertz CT molecular complexity index is 841. The molecule has 2 aliphatic rings. The van der Waals surface area contributed by atoms with Gasteiger partial charge in [-0.3, -0.25) is 9.88 Å². The summed E-state index contributed by atoms with van der Waals surface area (Å²) in [6.45, 7) is 6.39. The molecular weight excluding hydrogens is 344 g/mol. The van der Waals surface area contributed by atoms with Crippen molar-refractivity contribution in [3.63, 3.8) is 0 Å². The van der Waals surface area contributed by atoms with Crippen molar-refractivity contribution in [3.05, 3.63) is 42.1 Å². The van der Waals surface area contributed by atoms with Gasteiger partial charge in [-0.25, -0.2) is 4.79 Å². The van der Waals surface area contributed by atoms with E-state index in [1.807, 2.05) is 51.1 Å². The van der Waals surface area contributed by atoms with E-state index >= 15 is 0 Å². The molecule has 0 aliphatic carbocycles. The fourth-order valence-electron chi connectivity index (χ4n) is 4.32. The summed E-state index contributed by atoms with van der Waals surface area (Å²) in [6, 6.07) is 9.27. The van der Waals surface area contributed by atoms with Gasteiger partial charge in [0.2, 0.25) is 0 Å². The SMILES string of the molecule is CC(C)(C)OC(=O)N1C2COCC1CC(O)(c1cccc3ncccc13)C2. The molecule has 1 aromatic heterocycles. The van der Waals surface area contributed by atoms with Crippen molar-refractivity contribution in [3.8, 4) is 0 Å². The van der Waals surface area contributed by atoms with E-state index in [9.17, 15) is 9.90 Å². The third-order valence-electron chi connectivity index (χ3n) is 5.31. The van der Waals surface area contributed by atoms with Gasteiger partial charge in [0.15, 0.2) is 0 Å². The number of fused-ring (bicyclic) bond motifs is 3. The second kappa shape index (κ2) is 6.46. The molecule has 6 heteroatoms. The summed E-state index contributed by atoms with van der Waals surface area (Å²) in [5.74, 6) is 0. The van der Waals surface area contributed by atoms with Crippen molar-refractivity contribution in [2.75, 3.05) is 13.2 Å². The van der Waals surface area contributed by atoms with Gasteiger partial charge in [-0.15, -0.1) is 0 Å². The highest BCUT2D eigenvalue weighted by atomic mass is 16.6. The third kappa shape index (κ3) is 3.39. The molecule has 2 fully saturated rings. The Labute approximate surface area is 159 Å². The number of ether oxygens (including phenoxy) is 2. The molecule has 2 atom stereocenters. The standard InChI is InChI=1S/C21H26N2O4/c1-20(2,3)27-19(24)23-14-10-21(25,11-15(23)13-26-12-14)17-7-4-8-18-16(17)6-5-9-22-18/h4-9,14-15,25H,10-13H2,1-3H3. The van der Waals surface area contributed by atoms with Crippen LogP contribution in [-0.2, 0) is 15.1 Å². The molecule has 27 heavy (non-hydrogen) atoms. The summed E-state index contributed by atoms with van der Waals surface area (Å²) in [7, 11) is 0. The molecule has 4 rings (SSSR count). The van der Waals surface area contributed by atoms with Crippen LogP contribution < -0.4 is 0 Å². The lowest BCUT2D eigenvalue weighted by Crippen LogP contribution is -2.63. The molecule has 3 heterocycles. The van der Waals surface area contributed by atoms with Crippen LogP contribution in [0.5, 0.6) is 0 Å². The van der Waals surface area contributed by atoms with Crippen LogP contribution in [0.4, 0.5) is 4.79 Å². The van der Waals surface area contributed by atoms with Gasteiger partial charge >= 0.3 is 6.09 Å². The maximum absolute atomic E-state index is 12.7. The number of benzene rings is 1. The monoisotopic (exact) mass is 370 g/mol. The van der Waals surface area contributed by atoms with Crippen LogP contribution in [0.15, 0.2) is 36.5 Å². The normalized spacial score (nSPS) is 28.2. The van der Waals surface area contributed by atoms with E-state index in [2.05, 4.69) is 4.98 Å². The lowest BCUT2D eigenvalue weighted by molar-refractivity contribution is -0.140. The topological polar surface area (TPSA) is 71.9 Å². The quantitative estimate of drug-likeness (QED) is 0.834. The highest BCUT2D eigenvalue weighted by Gasteiger charge is 2.50. The molecule has 0 spiro atoms. The van der Waals surface area contributed by atoms with Gasteiger partial charge in [0.25, 0.3) is 0 Å². The number of aliphatic hydroxyl groups is 1. The number of aromatic nitrogens is 1. The van der Waals surface area contributed by atoms with Crippen LogP contribution in [-0.4, -0.2) is 52.0 Å². The zero-order valence-corrected chi connectivity index (χ0v) is 16.0. The van der Waals surface area contributed by atoms with Crippen molar-refractivity contribution >= 4 is 17.0 Å². The lowest BCUT2D eigenvalue weighted by Gasteiger charge is -2.51. The smallest absolute Gasteiger partial charge is 0.410 e. The molecule has 2 saturated heterocycles. The molecule has 2 unspecified atom stereocenters. The van der Waals surface area contributed by atoms with Crippen molar-refractivity contribution in [2.45, 2.75) is 56.9 Å². The minimum absolute atomic E-state index is 0.218. The summed E-state index contributed by atoms with van der Waals surface area (Å²) in [5, 5.41) is 12.6. The summed E-state index contributed by atoms with van der Waals surface area (Å²) >= 11 is 0. The Balaban J connectivity index is 1.67. The minimum atomic E-state index is -1.03. The first-order valence-electron chi connectivity index (χ1n) is 9.42. The predicted molar refractivity (Wildman–Crippen MR) is 101 cm³/mol. The highest BCUT2D eigenvalue weighted by molar-refractivity contribution is 5.83. The van der Waals surface area contributed by atoms with E-state index < -0.39 is 11.2 Å². The summed E-state index contributed by atoms with van der Waals surface area (Å²) in [5.41, 5.74) is 0.148. The van der Waals surface area contributed by atoms with E-state index in [0.29, 0.717) is 26.1 Å². The molecular formula is C21H26N2O4. The molecule has 6 nitrogen and oxygen atoms in total. The number of morpholine rings is 1. The van der Waals surface area contributed by atoms with Crippen LogP contribution >= 0.6 is 0 Å². The largest absolute Gasteiger partial charge is 0.444 e. The molecule has 2 aromatic rings. The Morgan fingerprint density at radius 2 is 1.93 bits per heavy atom. The number of rotatable bonds is 1. The van der Waals surface area contributed by atoms with E-state index in [1.54, 1.807) is 11.1 Å². The van der Waals surface area contributed by atoms with E-state index in [-0.39, 0.29) is 18.2 Å². The van der Waals surface area contributed by atoms with E-state index in [1.165, 1.54) is 0 Å². The van der Waals surface area contributed by atoms with E-state index in [0.717, 1.165) is 16.5 Å². The molecule has 2 bridgehead atoms. The molecule has 1 N–H and O–H groups in total. The molecule has 0 saturated carbocycles. The number of nitrogens with zero attached hydrogens (tertiary/aromatic N) is 2. The van der Waals surface area contributed by atoms with Crippen molar-refractivity contribution in [1.82, 2.24) is 9.88 Å². The summed E-state index contributed by atoms with van der Waals surface area (Å²) in [6.07, 6.45) is 2.25. The highest BCUT2D eigenvalue weighted by Crippen LogP contribution is 2.43. The average molecular weight is 370 g/mol. The first-order valence-corrected chi connectivity index (χ1v) is 9.42. The molecule has 2 aliphatic heterocycles. The van der Waals surface area contributed by atoms with Gasteiger partial charge in [0, 0.05) is 24.4 Å². The maximum atomic E-state index is 12.7. The molecule has 1 amide bonds. The maximum Gasteiger partial charge on any atom is 0.410 e. The Hall–Kier alpha value is -2.18. The number of pyridine rings is 1. The van der Waals surface area contributed by atoms with Gasteiger partial charge in [-0.05, 0) is 38.5 Å². The second-order valence-corrected chi connectivity index (χ2v) is 8.55. The Kier molecular flexibility index (Phi) is 4.35. The fraction of sp³-hybridized carbons (Fsp3) is 0.524. The predicted octanol–water partition coefficient (Wildman–Crippen LogP) is 3.22. The number of hydrogen-bond donors (Lipinski definition) is 1. The fourth-order valence-corrected chi connectivity index (χ4v) is 4.32. The number of amides is 1. The first kappa shape index (κ1) is 18.2. The lowest BCUT2D eigenvalue weighted by atomic mass is 9.76. The molecule has 0 radical (unpaired) electrons. The van der Waals surface area contributed by atoms with Crippen molar-refractivity contribution in [2.24, 2.45) is 0 Å². The van der Waals surface area contributed by atoms with E-state index in [4.69, 9.17) is 9.47 Å². The van der Waals surface area contributed by atoms with Crippen LogP contribution in [0, 0.1) is 0 Å². The number of carbonyl (C=O) groups is 1. The summed E-state index contributed by atoms with van der Waals surface area (Å²) < 4.78 is 11.3. The van der Waals surface area contributed by atoms with Crippen LogP contribution in [0.2, 0.25) is 0 Å². The Morgan fingerprint density at radius 1 is 1.22 bits per heavy atom. The van der Waals surface area contributed by atoms with Gasteiger partial charge in [0.1, 0.15) is 5.60 Å². The van der Waals surface area contributed by atoms with Gasteiger partial charge in [-0.1, -0.05) is 18.2 Å². The van der Waals surface area contributed by atoms with Crippen LogP contribution in [0.25, 0.3) is 10.9 Å². The number of carbonyl (C=O) groups excluding carboxylic acids is 1. The zero-order valence-electron chi connectivity index (χ0n) is 16.0. The first-order chi connectivity index (χ1) is 12.8. The van der Waals surface area contributed by atoms with Crippen molar-refractivity contribution < 1.29 is 19.4 Å².